The van der Waals surface area contributed by atoms with Gasteiger partial charge in [-0.3, -0.25) is 24.0 Å². The number of amides is 5. The number of primary amides is 1. The first-order valence-corrected chi connectivity index (χ1v) is 13.5. The molecule has 1 saturated heterocycles. The van der Waals surface area contributed by atoms with Gasteiger partial charge in [0.05, 0.1) is 12.6 Å². The Kier molecular flexibility index (Phi) is 11.6. The molecule has 0 unspecified atom stereocenters. The van der Waals surface area contributed by atoms with Crippen molar-refractivity contribution in [3.8, 4) is 5.75 Å². The fourth-order valence-corrected chi connectivity index (χ4v) is 4.18. The molecule has 0 spiro atoms. The van der Waals surface area contributed by atoms with E-state index in [-0.39, 0.29) is 36.8 Å². The average Bonchev–Trinajstić information content (AvgIpc) is 2.96. The van der Waals surface area contributed by atoms with Crippen LogP contribution in [0.5, 0.6) is 5.75 Å². The second kappa shape index (κ2) is 15.3. The third-order valence-electron chi connectivity index (χ3n) is 6.31. The topological polar surface area (TPSA) is 230 Å². The molecular formula is C27H34N8O6S. The first-order valence-electron chi connectivity index (χ1n) is 13.1. The highest BCUT2D eigenvalue weighted by Gasteiger charge is 2.28. The number of nitrogens with one attached hydrogen (secondary N) is 6. The first kappa shape index (κ1) is 31.8. The van der Waals surface area contributed by atoms with Crippen LogP contribution in [-0.4, -0.2) is 83.6 Å². The lowest BCUT2D eigenvalue weighted by Gasteiger charge is -2.22. The Morgan fingerprint density at radius 2 is 1.60 bits per heavy atom. The van der Waals surface area contributed by atoms with Crippen molar-refractivity contribution < 1.29 is 29.1 Å². The molecule has 1 aliphatic rings. The standard InChI is InChI=1S/C27H34N8O6S/c28-18(10-16-6-8-17(36)9-7-16)24(39)35-21-13-32-27(42)31-12-20(23(29)38)34-26(41)19(11-15-4-2-1-3-5-15)33-22(37)14-30-25(21)40/h1-9,18-21,36H,10-14,28H2,(H2,29,38)(H,30,40)(H,33,37)(H,34,41)(H,35,39)(H2,31,32,42)/t18-,19-,20-,21+/m0/s1. The first-order chi connectivity index (χ1) is 20.0. The Hall–Kier alpha value is -4.76. The van der Waals surface area contributed by atoms with Gasteiger partial charge < -0.3 is 48.5 Å². The summed E-state index contributed by atoms with van der Waals surface area (Å²) in [6, 6.07) is 10.6. The molecule has 1 heterocycles. The van der Waals surface area contributed by atoms with Crippen molar-refractivity contribution in [2.45, 2.75) is 37.0 Å². The molecule has 3 rings (SSSR count). The molecule has 14 nitrogen and oxygen atoms in total. The van der Waals surface area contributed by atoms with Crippen LogP contribution in [0.25, 0.3) is 0 Å². The lowest BCUT2D eigenvalue weighted by molar-refractivity contribution is -0.132. The highest BCUT2D eigenvalue weighted by molar-refractivity contribution is 7.80. The third kappa shape index (κ3) is 10.0. The molecular weight excluding hydrogens is 564 g/mol. The van der Waals surface area contributed by atoms with Gasteiger partial charge in [-0.25, -0.2) is 0 Å². The van der Waals surface area contributed by atoms with Gasteiger partial charge in [-0.05, 0) is 41.9 Å². The molecule has 2 aromatic rings. The largest absolute Gasteiger partial charge is 0.508 e. The fraction of sp³-hybridized carbons (Fsp3) is 0.333. The lowest BCUT2D eigenvalue weighted by atomic mass is 10.0. The Morgan fingerprint density at radius 1 is 0.929 bits per heavy atom. The number of nitrogens with two attached hydrogens (primary N) is 2. The number of hydrogen-bond acceptors (Lipinski definition) is 8. The Balaban J connectivity index is 1.75. The second-order valence-corrected chi connectivity index (χ2v) is 10.0. The summed E-state index contributed by atoms with van der Waals surface area (Å²) in [4.78, 5) is 63.8. The quantitative estimate of drug-likeness (QED) is 0.147. The minimum Gasteiger partial charge on any atom is -0.508 e. The van der Waals surface area contributed by atoms with Crippen molar-refractivity contribution in [2.24, 2.45) is 11.5 Å². The molecule has 0 aromatic heterocycles. The van der Waals surface area contributed by atoms with E-state index >= 15 is 0 Å². The van der Waals surface area contributed by atoms with Crippen LogP contribution in [0.1, 0.15) is 11.1 Å². The van der Waals surface area contributed by atoms with Crippen molar-refractivity contribution in [2.75, 3.05) is 19.6 Å². The van der Waals surface area contributed by atoms with Gasteiger partial charge in [-0.1, -0.05) is 42.5 Å². The molecule has 0 saturated carbocycles. The van der Waals surface area contributed by atoms with Crippen LogP contribution in [0.3, 0.4) is 0 Å². The number of aromatic hydroxyl groups is 1. The zero-order valence-electron chi connectivity index (χ0n) is 22.6. The third-order valence-corrected chi connectivity index (χ3v) is 6.60. The summed E-state index contributed by atoms with van der Waals surface area (Å²) >= 11 is 5.23. The number of carbonyl (C=O) groups is 5. The van der Waals surface area contributed by atoms with Crippen LogP contribution in [0.4, 0.5) is 0 Å². The number of phenols is 1. The average molecular weight is 599 g/mol. The van der Waals surface area contributed by atoms with Gasteiger partial charge >= 0.3 is 0 Å². The molecule has 2 aromatic carbocycles. The molecule has 15 heteroatoms. The zero-order chi connectivity index (χ0) is 30.6. The second-order valence-electron chi connectivity index (χ2n) is 9.62. The van der Waals surface area contributed by atoms with Crippen LogP contribution >= 0.6 is 12.2 Å². The number of rotatable bonds is 7. The van der Waals surface area contributed by atoms with Gasteiger partial charge in [-0.15, -0.1) is 0 Å². The van der Waals surface area contributed by atoms with Crippen LogP contribution in [0.2, 0.25) is 0 Å². The van der Waals surface area contributed by atoms with Crippen molar-refractivity contribution in [1.82, 2.24) is 31.9 Å². The molecule has 0 aliphatic carbocycles. The molecule has 224 valence electrons. The molecule has 0 radical (unpaired) electrons. The minimum absolute atomic E-state index is 0.0147. The summed E-state index contributed by atoms with van der Waals surface area (Å²) in [6.45, 7) is -0.883. The van der Waals surface area contributed by atoms with Crippen molar-refractivity contribution >= 4 is 46.9 Å². The number of carbonyl (C=O) groups excluding carboxylic acids is 5. The number of thiocarbonyl (C=S) groups is 1. The van der Waals surface area contributed by atoms with Crippen molar-refractivity contribution in [3.63, 3.8) is 0 Å². The lowest BCUT2D eigenvalue weighted by Crippen LogP contribution is -2.58. The molecule has 42 heavy (non-hydrogen) atoms. The normalized spacial score (nSPS) is 21.1. The van der Waals surface area contributed by atoms with Crippen LogP contribution < -0.4 is 43.4 Å². The number of benzene rings is 2. The monoisotopic (exact) mass is 598 g/mol. The maximum Gasteiger partial charge on any atom is 0.244 e. The Morgan fingerprint density at radius 3 is 2.26 bits per heavy atom. The minimum atomic E-state index is -1.20. The van der Waals surface area contributed by atoms with Gasteiger partial charge in [0.2, 0.25) is 29.5 Å². The molecule has 0 bridgehead atoms. The highest BCUT2D eigenvalue weighted by Crippen LogP contribution is 2.11. The predicted molar refractivity (Wildman–Crippen MR) is 157 cm³/mol. The summed E-state index contributed by atoms with van der Waals surface area (Å²) in [5, 5.41) is 25.1. The number of hydrogen-bond donors (Lipinski definition) is 9. The van der Waals surface area contributed by atoms with Gasteiger partial charge in [0.25, 0.3) is 0 Å². The number of phenolic OH excluding ortho intramolecular Hbond substituents is 1. The van der Waals surface area contributed by atoms with Gasteiger partial charge in [0.1, 0.15) is 23.9 Å². The van der Waals surface area contributed by atoms with E-state index in [1.807, 2.05) is 0 Å². The van der Waals surface area contributed by atoms with Gasteiger partial charge in [0.15, 0.2) is 5.11 Å². The van der Waals surface area contributed by atoms with Gasteiger partial charge in [-0.2, -0.15) is 0 Å². The summed E-state index contributed by atoms with van der Waals surface area (Å²) in [5.74, 6) is -3.46. The van der Waals surface area contributed by atoms with Crippen LogP contribution in [0, 0.1) is 0 Å². The maximum absolute atomic E-state index is 13.1. The smallest absolute Gasteiger partial charge is 0.244 e. The van der Waals surface area contributed by atoms with E-state index in [1.165, 1.54) is 12.1 Å². The maximum atomic E-state index is 13.1. The summed E-state index contributed by atoms with van der Waals surface area (Å²) in [7, 11) is 0. The van der Waals surface area contributed by atoms with Crippen LogP contribution in [-0.2, 0) is 36.8 Å². The van der Waals surface area contributed by atoms with Gasteiger partial charge in [0, 0.05) is 19.5 Å². The van der Waals surface area contributed by atoms with E-state index in [2.05, 4.69) is 31.9 Å². The van der Waals surface area contributed by atoms with E-state index < -0.39 is 60.2 Å². The summed E-state index contributed by atoms with van der Waals surface area (Å²) in [6.07, 6.45) is 0.234. The van der Waals surface area contributed by atoms with E-state index in [0.29, 0.717) is 5.56 Å². The van der Waals surface area contributed by atoms with E-state index in [9.17, 15) is 29.1 Å². The Bertz CT molecular complexity index is 1290. The predicted octanol–water partition coefficient (Wildman–Crippen LogP) is -2.96. The molecule has 11 N–H and O–H groups in total. The molecule has 1 fully saturated rings. The van der Waals surface area contributed by atoms with E-state index in [4.69, 9.17) is 23.7 Å². The Labute approximate surface area is 247 Å². The fourth-order valence-electron chi connectivity index (χ4n) is 4.01. The molecule has 4 atom stereocenters. The van der Waals surface area contributed by atoms with Crippen LogP contribution in [0.15, 0.2) is 54.6 Å². The highest BCUT2D eigenvalue weighted by atomic mass is 32.1. The SMILES string of the molecule is NC(=O)[C@@H]1CNC(=S)NC[C@@H](NC(=O)[C@@H](N)Cc2ccc(O)cc2)C(=O)NCC(=O)N[C@@H](Cc2ccccc2)C(=O)N1. The van der Waals surface area contributed by atoms with E-state index in [0.717, 1.165) is 5.56 Å². The van der Waals surface area contributed by atoms with E-state index in [1.54, 1.807) is 42.5 Å². The summed E-state index contributed by atoms with van der Waals surface area (Å²) in [5.41, 5.74) is 13.0. The van der Waals surface area contributed by atoms with Crippen molar-refractivity contribution in [3.05, 3.63) is 65.7 Å². The van der Waals surface area contributed by atoms with Crippen molar-refractivity contribution in [1.29, 1.82) is 0 Å². The zero-order valence-corrected chi connectivity index (χ0v) is 23.4. The molecule has 1 aliphatic heterocycles. The summed E-state index contributed by atoms with van der Waals surface area (Å²) < 4.78 is 0. The molecule has 5 amide bonds.